The van der Waals surface area contributed by atoms with Gasteiger partial charge < -0.3 is 14.2 Å². The predicted octanol–water partition coefficient (Wildman–Crippen LogP) is 6.42. The smallest absolute Gasteiger partial charge is 0.347 e. The monoisotopic (exact) mass is 685 g/mol. The van der Waals surface area contributed by atoms with Crippen LogP contribution in [0.2, 0.25) is 0 Å². The number of ether oxygens (including phenoxy) is 3. The summed E-state index contributed by atoms with van der Waals surface area (Å²) in [6.45, 7) is 9.71. The molecule has 0 saturated carbocycles. The Morgan fingerprint density at radius 1 is 1.11 bits per heavy atom. The fourth-order valence-electron chi connectivity index (χ4n) is 3.33. The number of fused-ring (bicyclic) bond motifs is 1. The van der Waals surface area contributed by atoms with Gasteiger partial charge in [-0.25, -0.2) is 9.78 Å². The first-order chi connectivity index (χ1) is 17.1. The summed E-state index contributed by atoms with van der Waals surface area (Å²) in [4.78, 5) is 30.1. The Kier molecular flexibility index (Phi) is 9.71. The van der Waals surface area contributed by atoms with E-state index in [4.69, 9.17) is 14.2 Å². The lowest BCUT2D eigenvalue weighted by Crippen LogP contribution is -2.26. The molecule has 0 spiro atoms. The summed E-state index contributed by atoms with van der Waals surface area (Å²) in [6.07, 6.45) is 0.705. The standard InChI is InChI=1S/C25H26Br3N3O5/c1-6-34-19-10-15(20(27)21(28)22(19)36-14(5)25(33)35-7-2)12-29-31-23(13(3)4)30-18-9-8-16(26)11-17(18)24(31)32/h8-14H,6-7H2,1-5H3/t14-/m1/s1. The molecule has 3 rings (SSSR count). The van der Waals surface area contributed by atoms with E-state index < -0.39 is 12.1 Å². The minimum absolute atomic E-state index is 0.0443. The Morgan fingerprint density at radius 2 is 1.83 bits per heavy atom. The fraction of sp³-hybridized carbons (Fsp3) is 0.360. The topological polar surface area (TPSA) is 92.0 Å². The molecule has 192 valence electrons. The number of halogens is 3. The van der Waals surface area contributed by atoms with E-state index in [0.717, 1.165) is 4.47 Å². The van der Waals surface area contributed by atoms with Crippen molar-refractivity contribution in [2.45, 2.75) is 46.6 Å². The molecule has 0 aliphatic carbocycles. The number of carbonyl (C=O) groups is 1. The highest BCUT2D eigenvalue weighted by Crippen LogP contribution is 2.43. The van der Waals surface area contributed by atoms with E-state index >= 15 is 0 Å². The maximum absolute atomic E-state index is 13.3. The van der Waals surface area contributed by atoms with Crippen LogP contribution >= 0.6 is 47.8 Å². The van der Waals surface area contributed by atoms with Crippen LogP contribution in [0.4, 0.5) is 0 Å². The van der Waals surface area contributed by atoms with Crippen LogP contribution in [0.15, 0.2) is 47.6 Å². The third-order valence-corrected chi connectivity index (χ3v) is 7.67. The third kappa shape index (κ3) is 6.18. The van der Waals surface area contributed by atoms with Crippen molar-refractivity contribution in [3.05, 3.63) is 59.4 Å². The van der Waals surface area contributed by atoms with Crippen LogP contribution in [0.5, 0.6) is 11.5 Å². The molecule has 0 bridgehead atoms. The van der Waals surface area contributed by atoms with E-state index in [0.29, 0.717) is 49.3 Å². The number of hydrogen-bond donors (Lipinski definition) is 0. The average molecular weight is 688 g/mol. The van der Waals surface area contributed by atoms with Crippen LogP contribution < -0.4 is 15.0 Å². The number of benzene rings is 2. The van der Waals surface area contributed by atoms with Crippen LogP contribution in [-0.4, -0.2) is 41.2 Å². The summed E-state index contributed by atoms with van der Waals surface area (Å²) in [7, 11) is 0. The van der Waals surface area contributed by atoms with Gasteiger partial charge in [0, 0.05) is 20.4 Å². The van der Waals surface area contributed by atoms with Crippen molar-refractivity contribution in [1.29, 1.82) is 0 Å². The molecule has 8 nitrogen and oxygen atoms in total. The molecule has 11 heteroatoms. The molecular formula is C25H26Br3N3O5. The van der Waals surface area contributed by atoms with Crippen LogP contribution in [-0.2, 0) is 9.53 Å². The third-order valence-electron chi connectivity index (χ3n) is 5.03. The molecule has 0 unspecified atom stereocenters. The fourth-order valence-corrected chi connectivity index (χ4v) is 4.60. The molecule has 3 aromatic rings. The SMILES string of the molecule is CCOC(=O)[C@@H](C)Oc1c(OCC)cc(C=Nn2c(C(C)C)nc3ccc(Br)cc3c2=O)c(Br)c1Br. The molecule has 1 heterocycles. The first kappa shape index (κ1) is 28.3. The summed E-state index contributed by atoms with van der Waals surface area (Å²) < 4.78 is 19.9. The molecule has 0 fully saturated rings. The van der Waals surface area contributed by atoms with Crippen LogP contribution in [0.1, 0.15) is 51.9 Å². The average Bonchev–Trinajstić information content (AvgIpc) is 2.83. The molecule has 1 atom stereocenters. The quantitative estimate of drug-likeness (QED) is 0.191. The first-order valence-corrected chi connectivity index (χ1v) is 13.7. The van der Waals surface area contributed by atoms with Gasteiger partial charge in [0.15, 0.2) is 17.6 Å². The highest BCUT2D eigenvalue weighted by atomic mass is 79.9. The van der Waals surface area contributed by atoms with E-state index in [-0.39, 0.29) is 18.1 Å². The summed E-state index contributed by atoms with van der Waals surface area (Å²) >= 11 is 10.5. The minimum atomic E-state index is -0.845. The molecule has 0 radical (unpaired) electrons. The number of carbonyl (C=O) groups excluding carboxylic acids is 1. The summed E-state index contributed by atoms with van der Waals surface area (Å²) in [5.74, 6) is 0.761. The summed E-state index contributed by atoms with van der Waals surface area (Å²) in [5, 5.41) is 4.96. The Morgan fingerprint density at radius 3 is 2.47 bits per heavy atom. The lowest BCUT2D eigenvalue weighted by molar-refractivity contribution is -0.150. The highest BCUT2D eigenvalue weighted by molar-refractivity contribution is 9.13. The van der Waals surface area contributed by atoms with E-state index in [9.17, 15) is 9.59 Å². The van der Waals surface area contributed by atoms with Crippen molar-refractivity contribution in [2.24, 2.45) is 5.10 Å². The van der Waals surface area contributed by atoms with Gasteiger partial charge in [-0.05, 0) is 76.9 Å². The zero-order chi connectivity index (χ0) is 26.6. The summed E-state index contributed by atoms with van der Waals surface area (Å²) in [6, 6.07) is 7.11. The molecule has 0 amide bonds. The number of hydrogen-bond acceptors (Lipinski definition) is 7. The van der Waals surface area contributed by atoms with Gasteiger partial charge in [-0.3, -0.25) is 4.79 Å². The molecule has 36 heavy (non-hydrogen) atoms. The normalized spacial score (nSPS) is 12.4. The maximum atomic E-state index is 13.3. The van der Waals surface area contributed by atoms with Gasteiger partial charge in [-0.15, -0.1) is 0 Å². The van der Waals surface area contributed by atoms with Gasteiger partial charge in [-0.1, -0.05) is 29.8 Å². The van der Waals surface area contributed by atoms with Crippen LogP contribution in [0, 0.1) is 0 Å². The van der Waals surface area contributed by atoms with Gasteiger partial charge in [0.25, 0.3) is 5.56 Å². The molecular weight excluding hydrogens is 662 g/mol. The number of rotatable bonds is 9. The molecule has 0 N–H and O–H groups in total. The zero-order valence-electron chi connectivity index (χ0n) is 20.5. The Bertz CT molecular complexity index is 1370. The largest absolute Gasteiger partial charge is 0.490 e. The van der Waals surface area contributed by atoms with Crippen molar-refractivity contribution < 1.29 is 19.0 Å². The van der Waals surface area contributed by atoms with Gasteiger partial charge in [0.05, 0.1) is 34.8 Å². The van der Waals surface area contributed by atoms with Crippen LogP contribution in [0.3, 0.4) is 0 Å². The van der Waals surface area contributed by atoms with Crippen molar-refractivity contribution in [3.63, 3.8) is 0 Å². The second-order valence-corrected chi connectivity index (χ2v) is 10.5. The lowest BCUT2D eigenvalue weighted by Gasteiger charge is -2.19. The van der Waals surface area contributed by atoms with E-state index in [1.165, 1.54) is 4.68 Å². The maximum Gasteiger partial charge on any atom is 0.347 e. The molecule has 0 aliphatic heterocycles. The van der Waals surface area contributed by atoms with Crippen molar-refractivity contribution in [3.8, 4) is 11.5 Å². The zero-order valence-corrected chi connectivity index (χ0v) is 25.2. The molecule has 0 aliphatic rings. The molecule has 1 aromatic heterocycles. The van der Waals surface area contributed by atoms with E-state index in [1.807, 2.05) is 26.8 Å². The van der Waals surface area contributed by atoms with Crippen molar-refractivity contribution in [2.75, 3.05) is 13.2 Å². The van der Waals surface area contributed by atoms with Crippen LogP contribution in [0.25, 0.3) is 10.9 Å². The Balaban J connectivity index is 2.10. The van der Waals surface area contributed by atoms with Gasteiger partial charge >= 0.3 is 5.97 Å². The number of nitrogens with zero attached hydrogens (tertiary/aromatic N) is 3. The van der Waals surface area contributed by atoms with Crippen molar-refractivity contribution >= 4 is 70.9 Å². The number of esters is 1. The van der Waals surface area contributed by atoms with Gasteiger partial charge in [0.2, 0.25) is 0 Å². The van der Waals surface area contributed by atoms with Gasteiger partial charge in [0.1, 0.15) is 5.82 Å². The molecule has 0 saturated heterocycles. The molecule has 2 aromatic carbocycles. The lowest BCUT2D eigenvalue weighted by atomic mass is 10.2. The second kappa shape index (κ2) is 12.3. The Hall–Kier alpha value is -2.24. The van der Waals surface area contributed by atoms with E-state index in [2.05, 4.69) is 57.9 Å². The Labute approximate surface area is 234 Å². The predicted molar refractivity (Wildman–Crippen MR) is 151 cm³/mol. The second-order valence-electron chi connectivity index (χ2n) is 8.01. The first-order valence-electron chi connectivity index (χ1n) is 11.3. The highest BCUT2D eigenvalue weighted by Gasteiger charge is 2.23. The number of aromatic nitrogens is 2. The van der Waals surface area contributed by atoms with E-state index in [1.54, 1.807) is 38.3 Å². The van der Waals surface area contributed by atoms with Gasteiger partial charge in [-0.2, -0.15) is 9.78 Å². The minimum Gasteiger partial charge on any atom is -0.490 e. The summed E-state index contributed by atoms with van der Waals surface area (Å²) in [5.41, 5.74) is 0.959. The van der Waals surface area contributed by atoms with Crippen molar-refractivity contribution in [1.82, 2.24) is 9.66 Å².